The monoisotopic (exact) mass is 366 g/mol. The highest BCUT2D eigenvalue weighted by Crippen LogP contribution is 2.33. The van der Waals surface area contributed by atoms with Crippen molar-refractivity contribution in [3.8, 4) is 0 Å². The van der Waals surface area contributed by atoms with Crippen molar-refractivity contribution >= 4 is 56.0 Å². The number of rotatable bonds is 4. The van der Waals surface area contributed by atoms with Crippen molar-refractivity contribution in [3.63, 3.8) is 0 Å². The molecule has 0 aliphatic rings. The number of aryl methyl sites for hydroxylation is 1. The van der Waals surface area contributed by atoms with E-state index in [1.54, 1.807) is 12.1 Å². The van der Waals surface area contributed by atoms with Crippen molar-refractivity contribution in [2.45, 2.75) is 11.8 Å². The normalized spacial score (nSPS) is 10.9. The molecular formula is C16H12ClFN2OS2. The van der Waals surface area contributed by atoms with Crippen molar-refractivity contribution in [2.75, 3.05) is 11.1 Å². The van der Waals surface area contributed by atoms with Crippen LogP contribution in [0.25, 0.3) is 10.2 Å². The van der Waals surface area contributed by atoms with Crippen LogP contribution in [0.15, 0.2) is 41.3 Å². The molecule has 0 saturated heterocycles. The summed E-state index contributed by atoms with van der Waals surface area (Å²) in [6, 6.07) is 9.77. The van der Waals surface area contributed by atoms with Gasteiger partial charge in [0.2, 0.25) is 5.91 Å². The minimum Gasteiger partial charge on any atom is -0.301 e. The fourth-order valence-corrected chi connectivity index (χ4v) is 3.92. The summed E-state index contributed by atoms with van der Waals surface area (Å²) in [5, 5.41) is 3.94. The summed E-state index contributed by atoms with van der Waals surface area (Å²) in [7, 11) is 0. The highest BCUT2D eigenvalue weighted by molar-refractivity contribution is 8.00. The SMILES string of the molecule is Cc1ccc(Cl)c2sc(NC(=O)CSc3ccc(F)cc3)nc12. The molecule has 118 valence electrons. The molecule has 0 saturated carbocycles. The van der Waals surface area contributed by atoms with Gasteiger partial charge in [0.1, 0.15) is 5.82 Å². The average molecular weight is 367 g/mol. The van der Waals surface area contributed by atoms with Crippen LogP contribution >= 0.6 is 34.7 Å². The quantitative estimate of drug-likeness (QED) is 0.651. The second kappa shape index (κ2) is 6.86. The number of carbonyl (C=O) groups is 1. The first-order valence-corrected chi connectivity index (χ1v) is 8.95. The summed E-state index contributed by atoms with van der Waals surface area (Å²) < 4.78 is 13.7. The van der Waals surface area contributed by atoms with E-state index >= 15 is 0 Å². The first-order chi connectivity index (χ1) is 11.0. The highest BCUT2D eigenvalue weighted by Gasteiger charge is 2.12. The van der Waals surface area contributed by atoms with Gasteiger partial charge in [-0.2, -0.15) is 0 Å². The van der Waals surface area contributed by atoms with E-state index in [4.69, 9.17) is 11.6 Å². The lowest BCUT2D eigenvalue weighted by Gasteiger charge is -2.02. The fraction of sp³-hybridized carbons (Fsp3) is 0.125. The molecule has 3 aromatic rings. The van der Waals surface area contributed by atoms with Crippen molar-refractivity contribution in [3.05, 3.63) is 52.8 Å². The molecule has 3 rings (SSSR count). The van der Waals surface area contributed by atoms with Gasteiger partial charge in [-0.3, -0.25) is 4.79 Å². The van der Waals surface area contributed by atoms with Crippen LogP contribution in [0.4, 0.5) is 9.52 Å². The number of benzene rings is 2. The fourth-order valence-electron chi connectivity index (χ4n) is 1.99. The second-order valence-electron chi connectivity index (χ2n) is 4.85. The van der Waals surface area contributed by atoms with Gasteiger partial charge in [-0.25, -0.2) is 9.37 Å². The largest absolute Gasteiger partial charge is 0.301 e. The third kappa shape index (κ3) is 3.83. The molecule has 1 amide bonds. The van der Waals surface area contributed by atoms with E-state index in [1.807, 2.05) is 19.1 Å². The molecule has 0 fully saturated rings. The maximum Gasteiger partial charge on any atom is 0.236 e. The molecule has 2 aromatic carbocycles. The van der Waals surface area contributed by atoms with E-state index in [0.29, 0.717) is 10.2 Å². The zero-order chi connectivity index (χ0) is 16.4. The number of fused-ring (bicyclic) bond motifs is 1. The van der Waals surface area contributed by atoms with Crippen molar-refractivity contribution in [1.29, 1.82) is 0 Å². The van der Waals surface area contributed by atoms with E-state index in [-0.39, 0.29) is 17.5 Å². The van der Waals surface area contributed by atoms with Crippen LogP contribution in [0.2, 0.25) is 5.02 Å². The molecule has 0 bridgehead atoms. The maximum atomic E-state index is 12.8. The maximum absolute atomic E-state index is 12.8. The number of hydrogen-bond acceptors (Lipinski definition) is 4. The summed E-state index contributed by atoms with van der Waals surface area (Å²) in [6.45, 7) is 1.95. The number of thioether (sulfide) groups is 1. The predicted molar refractivity (Wildman–Crippen MR) is 95.1 cm³/mol. The molecule has 1 aromatic heterocycles. The van der Waals surface area contributed by atoms with Crippen molar-refractivity contribution < 1.29 is 9.18 Å². The topological polar surface area (TPSA) is 42.0 Å². The Kier molecular flexibility index (Phi) is 4.84. The van der Waals surface area contributed by atoms with E-state index in [1.165, 1.54) is 35.2 Å². The number of nitrogens with zero attached hydrogens (tertiary/aromatic N) is 1. The third-order valence-electron chi connectivity index (χ3n) is 3.13. The molecule has 7 heteroatoms. The van der Waals surface area contributed by atoms with Crippen molar-refractivity contribution in [2.24, 2.45) is 0 Å². The number of nitrogens with one attached hydrogen (secondary N) is 1. The summed E-state index contributed by atoms with van der Waals surface area (Å²) >= 11 is 8.85. The first kappa shape index (κ1) is 16.2. The van der Waals surface area contributed by atoms with Gasteiger partial charge in [-0.15, -0.1) is 11.8 Å². The summed E-state index contributed by atoms with van der Waals surface area (Å²) in [5.41, 5.74) is 1.82. The standard InChI is InChI=1S/C16H12ClFN2OS2/c1-9-2-7-12(17)15-14(9)20-16(23-15)19-13(21)8-22-11-5-3-10(18)4-6-11/h2-7H,8H2,1H3,(H,19,20,21). The molecule has 0 aliphatic carbocycles. The van der Waals surface area contributed by atoms with E-state index in [9.17, 15) is 9.18 Å². The Hall–Kier alpha value is -1.63. The number of carbonyl (C=O) groups excluding carboxylic acids is 1. The van der Waals surface area contributed by atoms with Gasteiger partial charge in [0.15, 0.2) is 5.13 Å². The van der Waals surface area contributed by atoms with Crippen LogP contribution in [0.5, 0.6) is 0 Å². The van der Waals surface area contributed by atoms with E-state index in [2.05, 4.69) is 10.3 Å². The Balaban J connectivity index is 1.67. The second-order valence-corrected chi connectivity index (χ2v) is 7.31. The van der Waals surface area contributed by atoms with Gasteiger partial charge in [0, 0.05) is 4.90 Å². The minimum atomic E-state index is -0.291. The third-order valence-corrected chi connectivity index (χ3v) is 5.57. The smallest absolute Gasteiger partial charge is 0.236 e. The average Bonchev–Trinajstić information content (AvgIpc) is 2.95. The molecule has 23 heavy (non-hydrogen) atoms. The van der Waals surface area contributed by atoms with E-state index < -0.39 is 0 Å². The van der Waals surface area contributed by atoms with Gasteiger partial charge in [0.05, 0.1) is 21.0 Å². The lowest BCUT2D eigenvalue weighted by molar-refractivity contribution is -0.113. The number of aromatic nitrogens is 1. The van der Waals surface area contributed by atoms with Crippen LogP contribution in [-0.2, 0) is 4.79 Å². The molecule has 0 radical (unpaired) electrons. The highest BCUT2D eigenvalue weighted by atomic mass is 35.5. The van der Waals surface area contributed by atoms with Crippen molar-refractivity contribution in [1.82, 2.24) is 4.98 Å². The number of thiazole rings is 1. The summed E-state index contributed by atoms with van der Waals surface area (Å²) in [5.74, 6) is -0.221. The summed E-state index contributed by atoms with van der Waals surface area (Å²) in [6.07, 6.45) is 0. The number of anilines is 1. The Labute approximate surface area is 145 Å². The number of hydrogen-bond donors (Lipinski definition) is 1. The molecular weight excluding hydrogens is 355 g/mol. The van der Waals surface area contributed by atoms with Crippen LogP contribution in [0, 0.1) is 12.7 Å². The Morgan fingerprint density at radius 2 is 2.04 bits per heavy atom. The van der Waals surface area contributed by atoms with Crippen LogP contribution in [0.3, 0.4) is 0 Å². The minimum absolute atomic E-state index is 0.160. The molecule has 3 nitrogen and oxygen atoms in total. The zero-order valence-electron chi connectivity index (χ0n) is 12.1. The van der Waals surface area contributed by atoms with Crippen LogP contribution in [-0.4, -0.2) is 16.6 Å². The Bertz CT molecular complexity index is 825. The zero-order valence-corrected chi connectivity index (χ0v) is 14.5. The lowest BCUT2D eigenvalue weighted by atomic mass is 10.2. The first-order valence-electron chi connectivity index (χ1n) is 6.77. The lowest BCUT2D eigenvalue weighted by Crippen LogP contribution is -2.13. The summed E-state index contributed by atoms with van der Waals surface area (Å²) in [4.78, 5) is 17.3. The number of amides is 1. The Morgan fingerprint density at radius 1 is 1.30 bits per heavy atom. The number of halogens is 2. The molecule has 1 N–H and O–H groups in total. The molecule has 0 spiro atoms. The molecule has 0 unspecified atom stereocenters. The van der Waals surface area contributed by atoms with E-state index in [0.717, 1.165) is 20.7 Å². The van der Waals surface area contributed by atoms with Gasteiger partial charge < -0.3 is 5.32 Å². The van der Waals surface area contributed by atoms with Crippen LogP contribution < -0.4 is 5.32 Å². The Morgan fingerprint density at radius 3 is 2.74 bits per heavy atom. The molecule has 0 atom stereocenters. The van der Waals surface area contributed by atoms with Crippen LogP contribution in [0.1, 0.15) is 5.56 Å². The molecule has 0 aliphatic heterocycles. The van der Waals surface area contributed by atoms with Gasteiger partial charge in [0.25, 0.3) is 0 Å². The van der Waals surface area contributed by atoms with Gasteiger partial charge in [-0.05, 0) is 42.8 Å². The van der Waals surface area contributed by atoms with Gasteiger partial charge >= 0.3 is 0 Å². The predicted octanol–water partition coefficient (Wildman–Crippen LogP) is 5.13. The molecule has 1 heterocycles. The van der Waals surface area contributed by atoms with Gasteiger partial charge in [-0.1, -0.05) is 29.0 Å².